The first-order valence-corrected chi connectivity index (χ1v) is 8.84. The van der Waals surface area contributed by atoms with Crippen LogP contribution in [-0.2, 0) is 11.2 Å². The molecule has 1 aromatic carbocycles. The molecule has 5 nitrogen and oxygen atoms in total. The van der Waals surface area contributed by atoms with Crippen LogP contribution in [0.4, 0.5) is 0 Å². The number of hydrogen-bond acceptors (Lipinski definition) is 4. The zero-order valence-electron chi connectivity index (χ0n) is 15.3. The van der Waals surface area contributed by atoms with Crippen molar-refractivity contribution in [1.29, 1.82) is 0 Å². The van der Waals surface area contributed by atoms with E-state index in [9.17, 15) is 9.90 Å². The van der Waals surface area contributed by atoms with E-state index in [4.69, 9.17) is 4.74 Å². The Morgan fingerprint density at radius 1 is 1.29 bits per heavy atom. The molecule has 1 unspecified atom stereocenters. The van der Waals surface area contributed by atoms with Gasteiger partial charge in [-0.05, 0) is 50.9 Å². The van der Waals surface area contributed by atoms with Crippen LogP contribution < -0.4 is 15.4 Å². The van der Waals surface area contributed by atoms with Crippen molar-refractivity contribution < 1.29 is 14.6 Å². The molecular formula is C19H32N2O3. The molecule has 0 spiro atoms. The molecule has 0 fully saturated rings. The summed E-state index contributed by atoms with van der Waals surface area (Å²) in [5.74, 6) is 0.172. The fourth-order valence-electron chi connectivity index (χ4n) is 2.60. The summed E-state index contributed by atoms with van der Waals surface area (Å²) in [5, 5.41) is 15.6. The van der Waals surface area contributed by atoms with Gasteiger partial charge >= 0.3 is 5.97 Å². The highest BCUT2D eigenvalue weighted by Crippen LogP contribution is 2.21. The average Bonchev–Trinajstić information content (AvgIpc) is 2.56. The lowest BCUT2D eigenvalue weighted by molar-refractivity contribution is -0.140. The van der Waals surface area contributed by atoms with Crippen molar-refractivity contribution in [1.82, 2.24) is 10.6 Å². The SMILES string of the molecule is CCC(C)[C@H](NC[C@@H](C)Oc1ccccc1CCCNC)C(=O)O. The maximum atomic E-state index is 11.4. The predicted octanol–water partition coefficient (Wildman–Crippen LogP) is 2.69. The third kappa shape index (κ3) is 6.89. The molecule has 0 heterocycles. The second-order valence-corrected chi connectivity index (χ2v) is 6.35. The van der Waals surface area contributed by atoms with Gasteiger partial charge in [0.2, 0.25) is 0 Å². The zero-order valence-corrected chi connectivity index (χ0v) is 15.3. The summed E-state index contributed by atoms with van der Waals surface area (Å²) in [4.78, 5) is 11.4. The fourth-order valence-corrected chi connectivity index (χ4v) is 2.60. The number of para-hydroxylation sites is 1. The quantitative estimate of drug-likeness (QED) is 0.512. The average molecular weight is 336 g/mol. The lowest BCUT2D eigenvalue weighted by Crippen LogP contribution is -2.45. The number of carboxylic acids is 1. The molecular weight excluding hydrogens is 304 g/mol. The van der Waals surface area contributed by atoms with Gasteiger partial charge in [0, 0.05) is 6.54 Å². The molecule has 1 aromatic rings. The summed E-state index contributed by atoms with van der Waals surface area (Å²) in [7, 11) is 1.95. The van der Waals surface area contributed by atoms with E-state index in [0.29, 0.717) is 6.54 Å². The van der Waals surface area contributed by atoms with Crippen LogP contribution in [0, 0.1) is 5.92 Å². The molecule has 0 aliphatic rings. The summed E-state index contributed by atoms with van der Waals surface area (Å²) in [6.07, 6.45) is 2.75. The number of benzene rings is 1. The number of ether oxygens (including phenoxy) is 1. The van der Waals surface area contributed by atoms with Crippen molar-refractivity contribution in [2.75, 3.05) is 20.1 Å². The second kappa shape index (κ2) is 11.0. The van der Waals surface area contributed by atoms with Crippen LogP contribution >= 0.6 is 0 Å². The molecule has 136 valence electrons. The van der Waals surface area contributed by atoms with Gasteiger partial charge < -0.3 is 20.5 Å². The van der Waals surface area contributed by atoms with Crippen molar-refractivity contribution >= 4 is 5.97 Å². The molecule has 0 aliphatic heterocycles. The number of rotatable bonds is 12. The van der Waals surface area contributed by atoms with Crippen molar-refractivity contribution in [2.24, 2.45) is 5.92 Å². The van der Waals surface area contributed by atoms with Crippen molar-refractivity contribution in [2.45, 2.75) is 52.2 Å². The Bertz CT molecular complexity index is 493. The summed E-state index contributed by atoms with van der Waals surface area (Å²) >= 11 is 0. The molecule has 24 heavy (non-hydrogen) atoms. The number of nitrogens with one attached hydrogen (secondary N) is 2. The maximum Gasteiger partial charge on any atom is 0.320 e. The summed E-state index contributed by atoms with van der Waals surface area (Å²) in [6.45, 7) is 7.40. The molecule has 0 bridgehead atoms. The highest BCUT2D eigenvalue weighted by atomic mass is 16.5. The van der Waals surface area contributed by atoms with E-state index in [1.165, 1.54) is 5.56 Å². The molecule has 0 aliphatic carbocycles. The predicted molar refractivity (Wildman–Crippen MR) is 97.7 cm³/mol. The molecule has 5 heteroatoms. The Hall–Kier alpha value is -1.59. The topological polar surface area (TPSA) is 70.6 Å². The zero-order chi connectivity index (χ0) is 17.9. The minimum absolute atomic E-state index is 0.0866. The van der Waals surface area contributed by atoms with Gasteiger partial charge in [0.15, 0.2) is 0 Å². The summed E-state index contributed by atoms with van der Waals surface area (Å²) in [6, 6.07) is 7.52. The molecule has 3 N–H and O–H groups in total. The largest absolute Gasteiger partial charge is 0.489 e. The minimum Gasteiger partial charge on any atom is -0.489 e. The molecule has 0 saturated carbocycles. The number of aryl methyl sites for hydroxylation is 1. The fraction of sp³-hybridized carbons (Fsp3) is 0.632. The molecule has 0 aromatic heterocycles. The smallest absolute Gasteiger partial charge is 0.320 e. The van der Waals surface area contributed by atoms with Gasteiger partial charge in [0.25, 0.3) is 0 Å². The molecule has 0 radical (unpaired) electrons. The van der Waals surface area contributed by atoms with E-state index in [-0.39, 0.29) is 12.0 Å². The van der Waals surface area contributed by atoms with E-state index in [0.717, 1.165) is 31.6 Å². The van der Waals surface area contributed by atoms with Crippen molar-refractivity contribution in [3.63, 3.8) is 0 Å². The van der Waals surface area contributed by atoms with E-state index in [1.54, 1.807) is 0 Å². The molecule has 3 atom stereocenters. The van der Waals surface area contributed by atoms with Crippen LogP contribution in [0.1, 0.15) is 39.2 Å². The maximum absolute atomic E-state index is 11.4. The van der Waals surface area contributed by atoms with Gasteiger partial charge in [0.05, 0.1) is 0 Å². The van der Waals surface area contributed by atoms with Gasteiger partial charge in [-0.3, -0.25) is 4.79 Å². The molecule has 0 amide bonds. The van der Waals surface area contributed by atoms with Gasteiger partial charge in [0.1, 0.15) is 17.9 Å². The Morgan fingerprint density at radius 3 is 2.62 bits per heavy atom. The number of aliphatic carboxylic acids is 1. The highest BCUT2D eigenvalue weighted by molar-refractivity contribution is 5.73. The number of carboxylic acid groups (broad SMARTS) is 1. The third-order valence-corrected chi connectivity index (χ3v) is 4.28. The lowest BCUT2D eigenvalue weighted by Gasteiger charge is -2.23. The Morgan fingerprint density at radius 2 is 2.00 bits per heavy atom. The summed E-state index contributed by atoms with van der Waals surface area (Å²) < 4.78 is 6.04. The van der Waals surface area contributed by atoms with Gasteiger partial charge in [-0.1, -0.05) is 38.5 Å². The van der Waals surface area contributed by atoms with Crippen LogP contribution in [0.25, 0.3) is 0 Å². The van der Waals surface area contributed by atoms with Gasteiger partial charge in [-0.2, -0.15) is 0 Å². The standard InChI is InChI=1S/C19H32N2O3/c1-5-14(2)18(19(22)23)21-13-15(3)24-17-11-7-6-9-16(17)10-8-12-20-4/h6-7,9,11,14-15,18,20-21H,5,8,10,12-13H2,1-4H3,(H,22,23)/t14?,15-,18+/m1/s1. The van der Waals surface area contributed by atoms with Gasteiger partial charge in [-0.15, -0.1) is 0 Å². The van der Waals surface area contributed by atoms with Crippen LogP contribution in [0.3, 0.4) is 0 Å². The molecule has 0 saturated heterocycles. The second-order valence-electron chi connectivity index (χ2n) is 6.35. The van der Waals surface area contributed by atoms with Crippen LogP contribution in [0.5, 0.6) is 5.75 Å². The van der Waals surface area contributed by atoms with E-state index in [1.807, 2.05) is 46.0 Å². The van der Waals surface area contributed by atoms with Crippen LogP contribution in [-0.4, -0.2) is 43.4 Å². The van der Waals surface area contributed by atoms with Crippen LogP contribution in [0.2, 0.25) is 0 Å². The Balaban J connectivity index is 2.58. The number of carbonyl (C=O) groups is 1. The Kier molecular flexibility index (Phi) is 9.42. The Labute approximate surface area is 145 Å². The monoisotopic (exact) mass is 336 g/mol. The minimum atomic E-state index is -0.802. The number of hydrogen-bond donors (Lipinski definition) is 3. The first kappa shape index (κ1) is 20.5. The third-order valence-electron chi connectivity index (χ3n) is 4.28. The van der Waals surface area contributed by atoms with E-state index >= 15 is 0 Å². The van der Waals surface area contributed by atoms with E-state index in [2.05, 4.69) is 16.7 Å². The van der Waals surface area contributed by atoms with Crippen molar-refractivity contribution in [3.05, 3.63) is 29.8 Å². The van der Waals surface area contributed by atoms with Crippen molar-refractivity contribution in [3.8, 4) is 5.75 Å². The normalized spacial score (nSPS) is 14.8. The van der Waals surface area contributed by atoms with Gasteiger partial charge in [-0.25, -0.2) is 0 Å². The van der Waals surface area contributed by atoms with E-state index < -0.39 is 12.0 Å². The van der Waals surface area contributed by atoms with Crippen LogP contribution in [0.15, 0.2) is 24.3 Å². The molecule has 1 rings (SSSR count). The first-order valence-electron chi connectivity index (χ1n) is 8.84. The lowest BCUT2D eigenvalue weighted by atomic mass is 9.99. The highest BCUT2D eigenvalue weighted by Gasteiger charge is 2.23. The summed E-state index contributed by atoms with van der Waals surface area (Å²) in [5.41, 5.74) is 1.19. The first-order chi connectivity index (χ1) is 11.5.